The summed E-state index contributed by atoms with van der Waals surface area (Å²) in [4.78, 5) is 8.54. The molecule has 0 aromatic carbocycles. The number of fused-ring (bicyclic) bond motifs is 1. The topological polar surface area (TPSA) is 80.4 Å². The second kappa shape index (κ2) is 5.64. The maximum atomic E-state index is 14.3. The number of hydrogen-bond acceptors (Lipinski definition) is 6. The Morgan fingerprint density at radius 1 is 1.35 bits per heavy atom. The number of thiophene rings is 1. The minimum atomic E-state index is -1.64. The van der Waals surface area contributed by atoms with Gasteiger partial charge in [-0.2, -0.15) is 11.3 Å². The maximum absolute atomic E-state index is 14.3. The van der Waals surface area contributed by atoms with Crippen molar-refractivity contribution in [3.8, 4) is 11.3 Å². The lowest BCUT2D eigenvalue weighted by Gasteiger charge is -2.16. The van der Waals surface area contributed by atoms with Crippen molar-refractivity contribution < 1.29 is 19.3 Å². The highest BCUT2D eigenvalue weighted by Crippen LogP contribution is 2.35. The molecule has 0 radical (unpaired) electrons. The van der Waals surface area contributed by atoms with E-state index in [9.17, 15) is 9.50 Å². The summed E-state index contributed by atoms with van der Waals surface area (Å²) < 4.78 is 21.3. The van der Waals surface area contributed by atoms with Crippen LogP contribution in [0.25, 0.3) is 22.3 Å². The molecule has 3 aromatic rings. The van der Waals surface area contributed by atoms with E-state index < -0.39 is 31.2 Å². The predicted molar refractivity (Wildman–Crippen MR) is 82.7 cm³/mol. The van der Waals surface area contributed by atoms with Gasteiger partial charge >= 0.3 is 0 Å². The molecule has 4 rings (SSSR count). The van der Waals surface area contributed by atoms with Crippen LogP contribution in [0.5, 0.6) is 0 Å². The molecular weight excluding hydrogens is 321 g/mol. The van der Waals surface area contributed by atoms with Gasteiger partial charge in [0.2, 0.25) is 0 Å². The van der Waals surface area contributed by atoms with Crippen LogP contribution in [0.1, 0.15) is 6.23 Å². The van der Waals surface area contributed by atoms with Crippen molar-refractivity contribution in [1.29, 1.82) is 0 Å². The number of aliphatic hydroxyl groups excluding tert-OH is 2. The molecule has 8 heteroatoms. The molecule has 120 valence electrons. The Morgan fingerprint density at radius 2 is 2.22 bits per heavy atom. The van der Waals surface area contributed by atoms with Crippen LogP contribution in [0, 0.1) is 0 Å². The molecule has 6 nitrogen and oxygen atoms in total. The quantitative estimate of drug-likeness (QED) is 0.762. The zero-order valence-corrected chi connectivity index (χ0v) is 12.7. The van der Waals surface area contributed by atoms with Crippen LogP contribution < -0.4 is 0 Å². The van der Waals surface area contributed by atoms with E-state index in [2.05, 4.69) is 9.97 Å². The van der Waals surface area contributed by atoms with Gasteiger partial charge in [-0.05, 0) is 17.5 Å². The van der Waals surface area contributed by atoms with Gasteiger partial charge in [0.1, 0.15) is 24.2 Å². The molecule has 23 heavy (non-hydrogen) atoms. The van der Waals surface area contributed by atoms with Gasteiger partial charge in [-0.3, -0.25) is 0 Å². The lowest BCUT2D eigenvalue weighted by atomic mass is 10.1. The fourth-order valence-corrected chi connectivity index (χ4v) is 3.52. The van der Waals surface area contributed by atoms with E-state index in [4.69, 9.17) is 9.84 Å². The smallest absolute Gasteiger partial charge is 0.173 e. The average Bonchev–Trinajstić information content (AvgIpc) is 3.28. The summed E-state index contributed by atoms with van der Waals surface area (Å²) in [6.45, 7) is -0.438. The van der Waals surface area contributed by atoms with E-state index in [1.54, 1.807) is 23.6 Å². The number of aromatic nitrogens is 3. The first-order chi connectivity index (χ1) is 11.2. The van der Waals surface area contributed by atoms with Crippen LogP contribution in [0.3, 0.4) is 0 Å². The predicted octanol–water partition coefficient (Wildman–Crippen LogP) is 1.75. The zero-order valence-electron chi connectivity index (χ0n) is 11.9. The van der Waals surface area contributed by atoms with E-state index in [-0.39, 0.29) is 0 Å². The molecule has 0 spiro atoms. The summed E-state index contributed by atoms with van der Waals surface area (Å²) in [5.74, 6) is 0. The van der Waals surface area contributed by atoms with E-state index in [0.29, 0.717) is 5.65 Å². The highest BCUT2D eigenvalue weighted by molar-refractivity contribution is 7.08. The van der Waals surface area contributed by atoms with Crippen molar-refractivity contribution in [3.05, 3.63) is 35.4 Å². The molecule has 0 amide bonds. The molecule has 0 unspecified atom stereocenters. The summed E-state index contributed by atoms with van der Waals surface area (Å²) in [6.07, 6.45) is -1.87. The first-order valence-corrected chi connectivity index (χ1v) is 8.07. The van der Waals surface area contributed by atoms with Gasteiger partial charge in [-0.1, -0.05) is 0 Å². The van der Waals surface area contributed by atoms with E-state index in [0.717, 1.165) is 16.6 Å². The van der Waals surface area contributed by atoms with Crippen molar-refractivity contribution >= 4 is 22.4 Å². The zero-order chi connectivity index (χ0) is 16.0. The monoisotopic (exact) mass is 335 g/mol. The summed E-state index contributed by atoms with van der Waals surface area (Å²) in [7, 11) is 0. The Labute approximate surface area is 134 Å². The normalized spacial score (nSPS) is 27.8. The first-order valence-electron chi connectivity index (χ1n) is 7.13. The van der Waals surface area contributed by atoms with Crippen LogP contribution >= 0.6 is 11.3 Å². The number of ether oxygens (including phenoxy) is 1. The fraction of sp³-hybridized carbons (Fsp3) is 0.333. The third-order valence-electron chi connectivity index (χ3n) is 4.05. The average molecular weight is 335 g/mol. The number of halogens is 1. The molecule has 2 N–H and O–H groups in total. The maximum Gasteiger partial charge on any atom is 0.173 e. The number of nitrogens with zero attached hydrogens (tertiary/aromatic N) is 3. The largest absolute Gasteiger partial charge is 0.394 e. The molecule has 1 aliphatic heterocycles. The third-order valence-corrected chi connectivity index (χ3v) is 4.74. The second-order valence-corrected chi connectivity index (χ2v) is 6.16. The number of aliphatic hydroxyl groups is 2. The van der Waals surface area contributed by atoms with Crippen molar-refractivity contribution in [2.75, 3.05) is 6.61 Å². The highest BCUT2D eigenvalue weighted by Gasteiger charge is 2.45. The van der Waals surface area contributed by atoms with Gasteiger partial charge in [0.15, 0.2) is 12.4 Å². The van der Waals surface area contributed by atoms with Crippen molar-refractivity contribution in [2.45, 2.75) is 24.6 Å². The summed E-state index contributed by atoms with van der Waals surface area (Å²) in [6, 6.07) is 3.76. The Balaban J connectivity index is 1.80. The van der Waals surface area contributed by atoms with Gasteiger partial charge in [0.25, 0.3) is 0 Å². The Morgan fingerprint density at radius 3 is 2.91 bits per heavy atom. The Bertz CT molecular complexity index is 823. The van der Waals surface area contributed by atoms with Crippen LogP contribution in [0.2, 0.25) is 0 Å². The minimum absolute atomic E-state index is 0.438. The second-order valence-electron chi connectivity index (χ2n) is 5.38. The van der Waals surface area contributed by atoms with Crippen LogP contribution in [-0.4, -0.2) is 49.7 Å². The Kier molecular flexibility index (Phi) is 3.61. The number of hydrogen-bond donors (Lipinski definition) is 2. The first kappa shape index (κ1) is 14.7. The SMILES string of the molecule is OC[C@H]1O[C@@H](n2ccc3c(-c4ccsc4)ncnc32)[C@@H](F)[C@@H]1O. The Hall–Kier alpha value is -1.87. The third kappa shape index (κ3) is 2.26. The lowest BCUT2D eigenvalue weighted by Crippen LogP contribution is -2.30. The van der Waals surface area contributed by atoms with Crippen LogP contribution in [0.4, 0.5) is 4.39 Å². The standard InChI is InChI=1S/C15H14FN3O3S/c16-11-13(21)10(5-20)22-15(11)19-3-1-9-12(8-2-4-23-6-8)17-7-18-14(9)19/h1-4,6-7,10-11,13,15,20-21H,5H2/t10-,11+,13-,15-/m1/s1. The van der Waals surface area contributed by atoms with Gasteiger partial charge in [-0.15, -0.1) is 0 Å². The van der Waals surface area contributed by atoms with Crippen molar-refractivity contribution in [2.24, 2.45) is 0 Å². The van der Waals surface area contributed by atoms with E-state index in [1.165, 1.54) is 10.9 Å². The molecule has 1 saturated heterocycles. The molecule has 1 aliphatic rings. The van der Waals surface area contributed by atoms with Gasteiger partial charge in [0, 0.05) is 22.5 Å². The molecule has 0 bridgehead atoms. The van der Waals surface area contributed by atoms with E-state index in [1.807, 2.05) is 16.8 Å². The highest BCUT2D eigenvalue weighted by atomic mass is 32.1. The molecule has 0 saturated carbocycles. The van der Waals surface area contributed by atoms with Gasteiger partial charge < -0.3 is 19.5 Å². The summed E-state index contributed by atoms with van der Waals surface area (Å²) in [5.41, 5.74) is 2.26. The van der Waals surface area contributed by atoms with Crippen molar-refractivity contribution in [1.82, 2.24) is 14.5 Å². The fourth-order valence-electron chi connectivity index (χ4n) is 2.88. The number of alkyl halides is 1. The van der Waals surface area contributed by atoms with Crippen LogP contribution in [0.15, 0.2) is 35.4 Å². The molecule has 1 fully saturated rings. The number of rotatable bonds is 3. The molecule has 4 heterocycles. The van der Waals surface area contributed by atoms with Gasteiger partial charge in [-0.25, -0.2) is 14.4 Å². The molecule has 4 atom stereocenters. The summed E-state index contributed by atoms with van der Waals surface area (Å²) in [5, 5.41) is 23.7. The van der Waals surface area contributed by atoms with Crippen molar-refractivity contribution in [3.63, 3.8) is 0 Å². The van der Waals surface area contributed by atoms with E-state index >= 15 is 0 Å². The lowest BCUT2D eigenvalue weighted by molar-refractivity contribution is -0.0457. The van der Waals surface area contributed by atoms with Gasteiger partial charge in [0.05, 0.1) is 12.3 Å². The molecule has 3 aromatic heterocycles. The molecular formula is C15H14FN3O3S. The molecule has 0 aliphatic carbocycles. The van der Waals surface area contributed by atoms with Crippen LogP contribution in [-0.2, 0) is 4.74 Å². The minimum Gasteiger partial charge on any atom is -0.394 e. The summed E-state index contributed by atoms with van der Waals surface area (Å²) >= 11 is 1.57.